The molecular formula is C17H18BrF2N. The third-order valence-electron chi connectivity index (χ3n) is 3.41. The van der Waals surface area contributed by atoms with E-state index in [0.29, 0.717) is 15.6 Å². The predicted molar refractivity (Wildman–Crippen MR) is 85.4 cm³/mol. The number of benzene rings is 2. The molecule has 0 aliphatic carbocycles. The Balaban J connectivity index is 2.47. The zero-order valence-electron chi connectivity index (χ0n) is 12.1. The van der Waals surface area contributed by atoms with Crippen LogP contribution in [-0.4, -0.2) is 6.54 Å². The van der Waals surface area contributed by atoms with E-state index in [1.165, 1.54) is 6.07 Å². The van der Waals surface area contributed by atoms with E-state index in [4.69, 9.17) is 0 Å². The SMILES string of the molecule is CCCNC(c1ccc(F)c(C)c1)c1cccc(Br)c1F. The Morgan fingerprint density at radius 2 is 1.95 bits per heavy atom. The van der Waals surface area contributed by atoms with Gasteiger partial charge in [0.2, 0.25) is 0 Å². The summed E-state index contributed by atoms with van der Waals surface area (Å²) >= 11 is 3.22. The van der Waals surface area contributed by atoms with E-state index >= 15 is 0 Å². The minimum Gasteiger partial charge on any atom is -0.306 e. The van der Waals surface area contributed by atoms with Crippen LogP contribution in [0.4, 0.5) is 8.78 Å². The quantitative estimate of drug-likeness (QED) is 0.785. The number of hydrogen-bond acceptors (Lipinski definition) is 1. The number of nitrogens with one attached hydrogen (secondary N) is 1. The van der Waals surface area contributed by atoms with E-state index in [1.54, 1.807) is 37.3 Å². The smallest absolute Gasteiger partial charge is 0.142 e. The van der Waals surface area contributed by atoms with Gasteiger partial charge in [-0.1, -0.05) is 31.2 Å². The molecule has 1 atom stereocenters. The van der Waals surface area contributed by atoms with Gasteiger partial charge in [-0.05, 0) is 59.1 Å². The molecule has 1 N–H and O–H groups in total. The molecule has 0 bridgehead atoms. The highest BCUT2D eigenvalue weighted by Crippen LogP contribution is 2.29. The molecule has 21 heavy (non-hydrogen) atoms. The van der Waals surface area contributed by atoms with Crippen LogP contribution in [0.15, 0.2) is 40.9 Å². The second-order valence-electron chi connectivity index (χ2n) is 5.04. The van der Waals surface area contributed by atoms with Crippen LogP contribution in [-0.2, 0) is 0 Å². The van der Waals surface area contributed by atoms with Gasteiger partial charge in [-0.3, -0.25) is 0 Å². The van der Waals surface area contributed by atoms with Crippen LogP contribution >= 0.6 is 15.9 Å². The second kappa shape index (κ2) is 7.14. The summed E-state index contributed by atoms with van der Waals surface area (Å²) in [5, 5.41) is 3.33. The summed E-state index contributed by atoms with van der Waals surface area (Å²) in [5.41, 5.74) is 1.98. The van der Waals surface area contributed by atoms with Gasteiger partial charge in [-0.15, -0.1) is 0 Å². The van der Waals surface area contributed by atoms with Crippen molar-refractivity contribution in [1.82, 2.24) is 5.32 Å². The van der Waals surface area contributed by atoms with Crippen LogP contribution in [0.2, 0.25) is 0 Å². The number of rotatable bonds is 5. The summed E-state index contributed by atoms with van der Waals surface area (Å²) in [6.07, 6.45) is 0.937. The monoisotopic (exact) mass is 353 g/mol. The third-order valence-corrected chi connectivity index (χ3v) is 4.02. The fourth-order valence-corrected chi connectivity index (χ4v) is 2.67. The van der Waals surface area contributed by atoms with Crippen LogP contribution < -0.4 is 5.32 Å². The van der Waals surface area contributed by atoms with Crippen molar-refractivity contribution in [3.05, 3.63) is 69.2 Å². The first-order valence-electron chi connectivity index (χ1n) is 6.98. The number of hydrogen-bond donors (Lipinski definition) is 1. The summed E-state index contributed by atoms with van der Waals surface area (Å²) in [7, 11) is 0. The Hall–Kier alpha value is -1.26. The average Bonchev–Trinajstić information content (AvgIpc) is 2.47. The van der Waals surface area contributed by atoms with E-state index in [2.05, 4.69) is 28.2 Å². The van der Waals surface area contributed by atoms with Gasteiger partial charge in [-0.25, -0.2) is 8.78 Å². The van der Waals surface area contributed by atoms with Crippen LogP contribution in [0.3, 0.4) is 0 Å². The van der Waals surface area contributed by atoms with Gasteiger partial charge in [0, 0.05) is 5.56 Å². The maximum Gasteiger partial charge on any atom is 0.142 e. The second-order valence-corrected chi connectivity index (χ2v) is 5.89. The molecule has 0 spiro atoms. The molecular weight excluding hydrogens is 336 g/mol. The van der Waals surface area contributed by atoms with Gasteiger partial charge >= 0.3 is 0 Å². The molecule has 2 aromatic rings. The molecule has 0 amide bonds. The first-order valence-corrected chi connectivity index (χ1v) is 7.77. The van der Waals surface area contributed by atoms with Crippen molar-refractivity contribution in [3.63, 3.8) is 0 Å². The molecule has 4 heteroatoms. The molecule has 0 aliphatic heterocycles. The summed E-state index contributed by atoms with van der Waals surface area (Å²) in [4.78, 5) is 0. The Kier molecular flexibility index (Phi) is 5.48. The highest BCUT2D eigenvalue weighted by molar-refractivity contribution is 9.10. The molecule has 0 aliphatic rings. The Bertz CT molecular complexity index is 628. The van der Waals surface area contributed by atoms with Crippen molar-refractivity contribution in [1.29, 1.82) is 0 Å². The normalized spacial score (nSPS) is 12.4. The predicted octanol–water partition coefficient (Wildman–Crippen LogP) is 5.12. The number of halogens is 3. The van der Waals surface area contributed by atoms with Crippen molar-refractivity contribution < 1.29 is 8.78 Å². The zero-order valence-corrected chi connectivity index (χ0v) is 13.7. The fourth-order valence-electron chi connectivity index (χ4n) is 2.29. The maximum absolute atomic E-state index is 14.4. The van der Waals surface area contributed by atoms with Crippen molar-refractivity contribution in [2.45, 2.75) is 26.3 Å². The van der Waals surface area contributed by atoms with Gasteiger partial charge in [0.05, 0.1) is 10.5 Å². The lowest BCUT2D eigenvalue weighted by atomic mass is 9.96. The van der Waals surface area contributed by atoms with E-state index in [-0.39, 0.29) is 17.7 Å². The lowest BCUT2D eigenvalue weighted by molar-refractivity contribution is 0.541. The topological polar surface area (TPSA) is 12.0 Å². The molecule has 0 saturated heterocycles. The van der Waals surface area contributed by atoms with Crippen molar-refractivity contribution >= 4 is 15.9 Å². The summed E-state index contributed by atoms with van der Waals surface area (Å²) in [5.74, 6) is -0.532. The summed E-state index contributed by atoms with van der Waals surface area (Å²) < 4.78 is 28.3. The fraction of sp³-hybridized carbons (Fsp3) is 0.294. The average molecular weight is 354 g/mol. The molecule has 0 radical (unpaired) electrons. The largest absolute Gasteiger partial charge is 0.306 e. The van der Waals surface area contributed by atoms with E-state index in [0.717, 1.165) is 18.5 Å². The summed E-state index contributed by atoms with van der Waals surface area (Å²) in [6, 6.07) is 9.85. The van der Waals surface area contributed by atoms with Crippen LogP contribution in [0.5, 0.6) is 0 Å². The van der Waals surface area contributed by atoms with Gasteiger partial charge < -0.3 is 5.32 Å². The molecule has 0 fully saturated rings. The van der Waals surface area contributed by atoms with Gasteiger partial charge in [-0.2, -0.15) is 0 Å². The maximum atomic E-state index is 14.4. The minimum absolute atomic E-state index is 0.247. The standard InChI is InChI=1S/C17H18BrF2N/c1-3-9-21-17(12-7-8-15(19)11(2)10-12)13-5-4-6-14(18)16(13)20/h4-8,10,17,21H,3,9H2,1-2H3. The first kappa shape index (κ1) is 16.1. The van der Waals surface area contributed by atoms with Gasteiger partial charge in [0.15, 0.2) is 0 Å². The Morgan fingerprint density at radius 3 is 2.62 bits per heavy atom. The van der Waals surface area contributed by atoms with E-state index in [9.17, 15) is 8.78 Å². The molecule has 1 nitrogen and oxygen atoms in total. The lowest BCUT2D eigenvalue weighted by Crippen LogP contribution is -2.24. The molecule has 0 saturated carbocycles. The molecule has 0 heterocycles. The molecule has 112 valence electrons. The van der Waals surface area contributed by atoms with Crippen molar-refractivity contribution in [3.8, 4) is 0 Å². The summed E-state index contributed by atoms with van der Waals surface area (Å²) in [6.45, 7) is 4.53. The highest BCUT2D eigenvalue weighted by atomic mass is 79.9. The Morgan fingerprint density at radius 1 is 1.19 bits per heavy atom. The van der Waals surface area contributed by atoms with Crippen LogP contribution in [0.1, 0.15) is 36.1 Å². The van der Waals surface area contributed by atoms with Gasteiger partial charge in [0.1, 0.15) is 11.6 Å². The molecule has 2 rings (SSSR count). The Labute approximate surface area is 132 Å². The first-order chi connectivity index (χ1) is 10.0. The van der Waals surface area contributed by atoms with Crippen molar-refractivity contribution in [2.75, 3.05) is 6.54 Å². The van der Waals surface area contributed by atoms with Crippen LogP contribution in [0.25, 0.3) is 0 Å². The molecule has 0 aromatic heterocycles. The number of aryl methyl sites for hydroxylation is 1. The molecule has 1 unspecified atom stereocenters. The van der Waals surface area contributed by atoms with Crippen molar-refractivity contribution in [2.24, 2.45) is 0 Å². The third kappa shape index (κ3) is 3.69. The highest BCUT2D eigenvalue weighted by Gasteiger charge is 2.19. The zero-order chi connectivity index (χ0) is 15.4. The molecule has 2 aromatic carbocycles. The van der Waals surface area contributed by atoms with E-state index in [1.807, 2.05) is 0 Å². The lowest BCUT2D eigenvalue weighted by Gasteiger charge is -2.21. The van der Waals surface area contributed by atoms with Gasteiger partial charge in [0.25, 0.3) is 0 Å². The van der Waals surface area contributed by atoms with E-state index < -0.39 is 0 Å². The van der Waals surface area contributed by atoms with Crippen LogP contribution in [0, 0.1) is 18.6 Å². The minimum atomic E-state index is -0.290.